The lowest BCUT2D eigenvalue weighted by atomic mass is 9.78. The second-order valence-corrected chi connectivity index (χ2v) is 6.77. The van der Waals surface area contributed by atoms with E-state index in [9.17, 15) is 0 Å². The molecule has 0 saturated carbocycles. The van der Waals surface area contributed by atoms with Crippen molar-refractivity contribution in [1.82, 2.24) is 10.2 Å². The Labute approximate surface area is 107 Å². The highest BCUT2D eigenvalue weighted by Crippen LogP contribution is 2.35. The topological polar surface area (TPSA) is 15.3 Å². The van der Waals surface area contributed by atoms with Gasteiger partial charge in [-0.2, -0.15) is 0 Å². The molecule has 17 heavy (non-hydrogen) atoms. The maximum atomic E-state index is 3.54. The molecule has 2 nitrogen and oxygen atoms in total. The fraction of sp³-hybridized carbons (Fsp3) is 1.00. The van der Waals surface area contributed by atoms with Crippen LogP contribution in [0.15, 0.2) is 0 Å². The Bertz CT molecular complexity index is 231. The lowest BCUT2D eigenvalue weighted by Gasteiger charge is -2.50. The Morgan fingerprint density at radius 3 is 2.59 bits per heavy atom. The van der Waals surface area contributed by atoms with E-state index in [1.807, 2.05) is 0 Å². The zero-order chi connectivity index (χ0) is 12.3. The fourth-order valence-electron chi connectivity index (χ4n) is 3.92. The molecule has 0 aromatic carbocycles. The van der Waals surface area contributed by atoms with Gasteiger partial charge in [0.05, 0.1) is 0 Å². The van der Waals surface area contributed by atoms with Crippen LogP contribution in [0.3, 0.4) is 0 Å². The number of rotatable bonds is 3. The molecular formula is C15H30N2. The first-order chi connectivity index (χ1) is 8.12. The highest BCUT2D eigenvalue weighted by atomic mass is 15.2. The maximum absolute atomic E-state index is 3.54. The molecule has 1 atom stereocenters. The smallest absolute Gasteiger partial charge is 0.0236 e. The molecule has 2 saturated heterocycles. The highest BCUT2D eigenvalue weighted by Gasteiger charge is 2.39. The summed E-state index contributed by atoms with van der Waals surface area (Å²) in [5.41, 5.74) is 0.522. The molecule has 0 radical (unpaired) electrons. The Morgan fingerprint density at radius 2 is 2.00 bits per heavy atom. The largest absolute Gasteiger partial charge is 0.317 e. The third-order valence-corrected chi connectivity index (χ3v) is 4.65. The number of nitrogens with one attached hydrogen (secondary N) is 1. The quantitative estimate of drug-likeness (QED) is 0.813. The third-order valence-electron chi connectivity index (χ3n) is 4.65. The summed E-state index contributed by atoms with van der Waals surface area (Å²) in [6.07, 6.45) is 6.96. The number of hydrogen-bond donors (Lipinski definition) is 1. The van der Waals surface area contributed by atoms with Crippen molar-refractivity contribution in [2.24, 2.45) is 11.8 Å². The molecule has 1 N–H and O–H groups in total. The van der Waals surface area contributed by atoms with Gasteiger partial charge >= 0.3 is 0 Å². The van der Waals surface area contributed by atoms with Gasteiger partial charge in [-0.1, -0.05) is 20.8 Å². The maximum Gasteiger partial charge on any atom is 0.0236 e. The molecule has 2 heterocycles. The molecule has 2 aliphatic rings. The van der Waals surface area contributed by atoms with E-state index in [1.165, 1.54) is 58.3 Å². The standard InChI is InChI=1S/C15H30N2/c1-13(2)11-15(6-8-16-9-7-15)17-10-4-5-14(3)12-17/h13-14,16H,4-12H2,1-3H3. The summed E-state index contributed by atoms with van der Waals surface area (Å²) >= 11 is 0. The van der Waals surface area contributed by atoms with Gasteiger partial charge in [0.2, 0.25) is 0 Å². The molecule has 0 spiro atoms. The number of likely N-dealkylation sites (tertiary alicyclic amines) is 1. The molecular weight excluding hydrogens is 208 g/mol. The van der Waals surface area contributed by atoms with Gasteiger partial charge in [-0.25, -0.2) is 0 Å². The van der Waals surface area contributed by atoms with Gasteiger partial charge in [0, 0.05) is 12.1 Å². The van der Waals surface area contributed by atoms with E-state index in [0.29, 0.717) is 5.54 Å². The number of hydrogen-bond acceptors (Lipinski definition) is 2. The first-order valence-electron chi connectivity index (χ1n) is 7.58. The summed E-state index contributed by atoms with van der Waals surface area (Å²) in [6, 6.07) is 0. The number of nitrogens with zero attached hydrogens (tertiary/aromatic N) is 1. The first kappa shape index (κ1) is 13.4. The summed E-state index contributed by atoms with van der Waals surface area (Å²) in [5, 5.41) is 3.54. The zero-order valence-corrected chi connectivity index (χ0v) is 12.0. The van der Waals surface area contributed by atoms with Crippen molar-refractivity contribution < 1.29 is 0 Å². The van der Waals surface area contributed by atoms with Gasteiger partial charge in [0.15, 0.2) is 0 Å². The minimum atomic E-state index is 0.522. The normalized spacial score (nSPS) is 30.7. The van der Waals surface area contributed by atoms with Crippen molar-refractivity contribution in [3.63, 3.8) is 0 Å². The lowest BCUT2D eigenvalue weighted by Crippen LogP contribution is -2.57. The average molecular weight is 238 g/mol. The van der Waals surface area contributed by atoms with Crippen LogP contribution in [0.4, 0.5) is 0 Å². The molecule has 0 aromatic heterocycles. The van der Waals surface area contributed by atoms with E-state index >= 15 is 0 Å². The van der Waals surface area contributed by atoms with E-state index in [-0.39, 0.29) is 0 Å². The third kappa shape index (κ3) is 3.23. The summed E-state index contributed by atoms with van der Waals surface area (Å²) in [5.74, 6) is 1.73. The summed E-state index contributed by atoms with van der Waals surface area (Å²) in [7, 11) is 0. The van der Waals surface area contributed by atoms with Gasteiger partial charge in [-0.3, -0.25) is 4.90 Å². The summed E-state index contributed by atoms with van der Waals surface area (Å²) in [6.45, 7) is 12.3. The van der Waals surface area contributed by atoms with Gasteiger partial charge in [0.1, 0.15) is 0 Å². The minimum Gasteiger partial charge on any atom is -0.317 e. The molecule has 0 aromatic rings. The predicted molar refractivity (Wildman–Crippen MR) is 74.3 cm³/mol. The van der Waals surface area contributed by atoms with Crippen LogP contribution in [0.25, 0.3) is 0 Å². The molecule has 2 aliphatic heterocycles. The van der Waals surface area contributed by atoms with Crippen molar-refractivity contribution in [3.05, 3.63) is 0 Å². The molecule has 0 bridgehead atoms. The van der Waals surface area contributed by atoms with Crippen LogP contribution in [0.2, 0.25) is 0 Å². The lowest BCUT2D eigenvalue weighted by molar-refractivity contribution is 0.00746. The Hall–Kier alpha value is -0.0800. The number of piperidine rings is 2. The predicted octanol–water partition coefficient (Wildman–Crippen LogP) is 2.89. The van der Waals surface area contributed by atoms with Gasteiger partial charge in [-0.05, 0) is 63.6 Å². The molecule has 2 fully saturated rings. The molecule has 2 heteroatoms. The van der Waals surface area contributed by atoms with Crippen LogP contribution in [0.1, 0.15) is 52.9 Å². The Kier molecular flexibility index (Phi) is 4.48. The van der Waals surface area contributed by atoms with Crippen molar-refractivity contribution in [1.29, 1.82) is 0 Å². The van der Waals surface area contributed by atoms with E-state index in [2.05, 4.69) is 31.0 Å². The van der Waals surface area contributed by atoms with Crippen LogP contribution in [-0.2, 0) is 0 Å². The van der Waals surface area contributed by atoms with E-state index in [1.54, 1.807) is 0 Å². The Morgan fingerprint density at radius 1 is 1.29 bits per heavy atom. The fourth-order valence-corrected chi connectivity index (χ4v) is 3.92. The van der Waals surface area contributed by atoms with E-state index in [0.717, 1.165) is 11.8 Å². The monoisotopic (exact) mass is 238 g/mol. The van der Waals surface area contributed by atoms with E-state index < -0.39 is 0 Å². The van der Waals surface area contributed by atoms with Crippen LogP contribution in [0.5, 0.6) is 0 Å². The van der Waals surface area contributed by atoms with E-state index in [4.69, 9.17) is 0 Å². The molecule has 0 amide bonds. The van der Waals surface area contributed by atoms with Gasteiger partial charge < -0.3 is 5.32 Å². The molecule has 100 valence electrons. The van der Waals surface area contributed by atoms with Crippen molar-refractivity contribution in [2.45, 2.75) is 58.4 Å². The minimum absolute atomic E-state index is 0.522. The van der Waals surface area contributed by atoms with Crippen molar-refractivity contribution >= 4 is 0 Å². The highest BCUT2D eigenvalue weighted by molar-refractivity contribution is 4.96. The molecule has 0 aliphatic carbocycles. The van der Waals surface area contributed by atoms with Crippen LogP contribution < -0.4 is 5.32 Å². The summed E-state index contributed by atoms with van der Waals surface area (Å²) in [4.78, 5) is 2.85. The molecule has 1 unspecified atom stereocenters. The van der Waals surface area contributed by atoms with Crippen LogP contribution >= 0.6 is 0 Å². The first-order valence-corrected chi connectivity index (χ1v) is 7.58. The summed E-state index contributed by atoms with van der Waals surface area (Å²) < 4.78 is 0. The van der Waals surface area contributed by atoms with Gasteiger partial charge in [0.25, 0.3) is 0 Å². The average Bonchev–Trinajstić information content (AvgIpc) is 2.29. The molecule has 2 rings (SSSR count). The zero-order valence-electron chi connectivity index (χ0n) is 12.0. The van der Waals surface area contributed by atoms with Gasteiger partial charge in [-0.15, -0.1) is 0 Å². The van der Waals surface area contributed by atoms with Crippen LogP contribution in [-0.4, -0.2) is 36.6 Å². The second-order valence-electron chi connectivity index (χ2n) is 6.77. The Balaban J connectivity index is 2.07. The SMILES string of the molecule is CC(C)CC1(N2CCCC(C)C2)CCNCC1. The van der Waals surface area contributed by atoms with Crippen LogP contribution in [0, 0.1) is 11.8 Å². The van der Waals surface area contributed by atoms with Crippen molar-refractivity contribution in [3.8, 4) is 0 Å². The van der Waals surface area contributed by atoms with Crippen molar-refractivity contribution in [2.75, 3.05) is 26.2 Å². The second kappa shape index (κ2) is 5.71.